The van der Waals surface area contributed by atoms with Gasteiger partial charge in [0.1, 0.15) is 12.7 Å². The first-order valence-corrected chi connectivity index (χ1v) is 5.83. The quantitative estimate of drug-likeness (QED) is 0.692. The van der Waals surface area contributed by atoms with E-state index in [1.54, 1.807) is 0 Å². The third-order valence-corrected chi connectivity index (χ3v) is 2.52. The minimum absolute atomic E-state index is 0.185. The van der Waals surface area contributed by atoms with E-state index in [1.807, 2.05) is 0 Å². The van der Waals surface area contributed by atoms with Crippen molar-refractivity contribution >= 4 is 5.97 Å². The Labute approximate surface area is 116 Å². The fourth-order valence-corrected chi connectivity index (χ4v) is 1.51. The van der Waals surface area contributed by atoms with Crippen LogP contribution in [0.2, 0.25) is 0 Å². The number of benzene rings is 1. The predicted molar refractivity (Wildman–Crippen MR) is 69.5 cm³/mol. The SMILES string of the molecule is COc1cc(C(=O)OCC(O)CO)cc(OC)c1OC. The van der Waals surface area contributed by atoms with Crippen LogP contribution in [0.4, 0.5) is 0 Å². The van der Waals surface area contributed by atoms with Crippen LogP contribution in [-0.4, -0.2) is 56.8 Å². The largest absolute Gasteiger partial charge is 0.493 e. The van der Waals surface area contributed by atoms with Crippen LogP contribution < -0.4 is 14.2 Å². The highest BCUT2D eigenvalue weighted by Crippen LogP contribution is 2.38. The minimum Gasteiger partial charge on any atom is -0.493 e. The molecular formula is C13H18O7. The van der Waals surface area contributed by atoms with Crippen LogP contribution in [-0.2, 0) is 4.74 Å². The van der Waals surface area contributed by atoms with Crippen molar-refractivity contribution in [3.8, 4) is 17.2 Å². The number of carbonyl (C=O) groups is 1. The van der Waals surface area contributed by atoms with Crippen molar-refractivity contribution in [1.29, 1.82) is 0 Å². The third-order valence-electron chi connectivity index (χ3n) is 2.52. The van der Waals surface area contributed by atoms with E-state index in [2.05, 4.69) is 0 Å². The summed E-state index contributed by atoms with van der Waals surface area (Å²) in [7, 11) is 4.32. The summed E-state index contributed by atoms with van der Waals surface area (Å²) in [5.41, 5.74) is 0.185. The summed E-state index contributed by atoms with van der Waals surface area (Å²) < 4.78 is 20.2. The lowest BCUT2D eigenvalue weighted by Gasteiger charge is -2.14. The van der Waals surface area contributed by atoms with E-state index in [1.165, 1.54) is 33.5 Å². The predicted octanol–water partition coefficient (Wildman–Crippen LogP) is 0.222. The molecule has 0 aromatic heterocycles. The second-order valence-corrected chi connectivity index (χ2v) is 3.85. The second-order valence-electron chi connectivity index (χ2n) is 3.85. The van der Waals surface area contributed by atoms with Crippen LogP contribution in [0.1, 0.15) is 10.4 Å². The molecule has 1 aromatic rings. The molecular weight excluding hydrogens is 268 g/mol. The van der Waals surface area contributed by atoms with Crippen molar-refractivity contribution in [1.82, 2.24) is 0 Å². The zero-order chi connectivity index (χ0) is 15.1. The van der Waals surface area contributed by atoms with E-state index >= 15 is 0 Å². The lowest BCUT2D eigenvalue weighted by Crippen LogP contribution is -2.22. The van der Waals surface area contributed by atoms with Gasteiger partial charge in [-0.25, -0.2) is 4.79 Å². The van der Waals surface area contributed by atoms with Crippen LogP contribution in [0, 0.1) is 0 Å². The molecule has 0 fully saturated rings. The standard InChI is InChI=1S/C13H18O7/c1-17-10-4-8(5-11(18-2)12(10)19-3)13(16)20-7-9(15)6-14/h4-5,9,14-15H,6-7H2,1-3H3. The van der Waals surface area contributed by atoms with Crippen molar-refractivity contribution in [2.75, 3.05) is 34.5 Å². The molecule has 0 bridgehead atoms. The Morgan fingerprint density at radius 1 is 1.15 bits per heavy atom. The van der Waals surface area contributed by atoms with E-state index in [-0.39, 0.29) is 12.2 Å². The molecule has 20 heavy (non-hydrogen) atoms. The number of rotatable bonds is 7. The van der Waals surface area contributed by atoms with Gasteiger partial charge in [0.15, 0.2) is 11.5 Å². The number of hydrogen-bond acceptors (Lipinski definition) is 7. The maximum absolute atomic E-state index is 11.8. The molecule has 1 rings (SSSR count). The van der Waals surface area contributed by atoms with Crippen molar-refractivity contribution in [3.63, 3.8) is 0 Å². The summed E-state index contributed by atoms with van der Waals surface area (Å²) in [6, 6.07) is 2.88. The molecule has 0 saturated carbocycles. The van der Waals surface area contributed by atoms with Crippen molar-refractivity contribution in [2.24, 2.45) is 0 Å². The van der Waals surface area contributed by atoms with E-state index in [0.717, 1.165) is 0 Å². The first kappa shape index (κ1) is 16.1. The molecule has 0 heterocycles. The average Bonchev–Trinajstić information content (AvgIpc) is 2.50. The summed E-state index contributed by atoms with van der Waals surface area (Å²) in [4.78, 5) is 11.8. The van der Waals surface area contributed by atoms with Crippen LogP contribution in [0.3, 0.4) is 0 Å². The van der Waals surface area contributed by atoms with Gasteiger partial charge in [-0.15, -0.1) is 0 Å². The third kappa shape index (κ3) is 3.75. The minimum atomic E-state index is -1.11. The normalized spacial score (nSPS) is 11.7. The zero-order valence-corrected chi connectivity index (χ0v) is 11.6. The van der Waals surface area contributed by atoms with Crippen LogP contribution in [0.15, 0.2) is 12.1 Å². The Kier molecular flexibility index (Phi) is 6.08. The van der Waals surface area contributed by atoms with Gasteiger partial charge in [0.25, 0.3) is 0 Å². The van der Waals surface area contributed by atoms with Crippen molar-refractivity contribution in [2.45, 2.75) is 6.10 Å². The summed E-state index contributed by atoms with van der Waals surface area (Å²) in [6.07, 6.45) is -1.11. The molecule has 112 valence electrons. The number of aliphatic hydroxyl groups excluding tert-OH is 2. The first-order chi connectivity index (χ1) is 9.57. The fraction of sp³-hybridized carbons (Fsp3) is 0.462. The zero-order valence-electron chi connectivity index (χ0n) is 11.6. The summed E-state index contributed by atoms with van der Waals surface area (Å²) in [6.45, 7) is -0.783. The Morgan fingerprint density at radius 2 is 1.70 bits per heavy atom. The first-order valence-electron chi connectivity index (χ1n) is 5.83. The summed E-state index contributed by atoms with van der Waals surface area (Å²) in [5.74, 6) is 0.335. The fourth-order valence-electron chi connectivity index (χ4n) is 1.51. The van der Waals surface area contributed by atoms with Gasteiger partial charge in [-0.2, -0.15) is 0 Å². The van der Waals surface area contributed by atoms with Gasteiger partial charge in [-0.1, -0.05) is 0 Å². The van der Waals surface area contributed by atoms with Crippen LogP contribution >= 0.6 is 0 Å². The number of hydrogen-bond donors (Lipinski definition) is 2. The van der Waals surface area contributed by atoms with Gasteiger partial charge in [0.2, 0.25) is 5.75 Å². The number of methoxy groups -OCH3 is 3. The van der Waals surface area contributed by atoms with Gasteiger partial charge >= 0.3 is 5.97 Å². The molecule has 1 aromatic carbocycles. The lowest BCUT2D eigenvalue weighted by molar-refractivity contribution is 0.00928. The van der Waals surface area contributed by atoms with E-state index in [0.29, 0.717) is 17.2 Å². The Morgan fingerprint density at radius 3 is 2.10 bits per heavy atom. The van der Waals surface area contributed by atoms with Gasteiger partial charge in [-0.3, -0.25) is 0 Å². The van der Waals surface area contributed by atoms with E-state index in [9.17, 15) is 4.79 Å². The van der Waals surface area contributed by atoms with Crippen molar-refractivity contribution in [3.05, 3.63) is 17.7 Å². The van der Waals surface area contributed by atoms with E-state index in [4.69, 9.17) is 29.2 Å². The highest BCUT2D eigenvalue weighted by Gasteiger charge is 2.18. The molecule has 0 aliphatic rings. The molecule has 1 atom stereocenters. The van der Waals surface area contributed by atoms with Crippen LogP contribution in [0.25, 0.3) is 0 Å². The average molecular weight is 286 g/mol. The molecule has 0 saturated heterocycles. The topological polar surface area (TPSA) is 94.5 Å². The number of ether oxygens (including phenoxy) is 4. The molecule has 0 spiro atoms. The number of esters is 1. The Bertz CT molecular complexity index is 433. The molecule has 2 N–H and O–H groups in total. The lowest BCUT2D eigenvalue weighted by atomic mass is 10.2. The molecule has 1 unspecified atom stereocenters. The summed E-state index contributed by atoms with van der Waals surface area (Å²) in [5, 5.41) is 17.8. The maximum atomic E-state index is 11.8. The highest BCUT2D eigenvalue weighted by atomic mass is 16.5. The Hall–Kier alpha value is -1.99. The smallest absolute Gasteiger partial charge is 0.338 e. The highest BCUT2D eigenvalue weighted by molar-refractivity contribution is 5.91. The number of aliphatic hydroxyl groups is 2. The monoisotopic (exact) mass is 286 g/mol. The Balaban J connectivity index is 2.97. The maximum Gasteiger partial charge on any atom is 0.338 e. The van der Waals surface area contributed by atoms with E-state index < -0.39 is 18.7 Å². The van der Waals surface area contributed by atoms with Gasteiger partial charge < -0.3 is 29.2 Å². The summed E-state index contributed by atoms with van der Waals surface area (Å²) >= 11 is 0. The molecule has 7 nitrogen and oxygen atoms in total. The van der Waals surface area contributed by atoms with Crippen LogP contribution in [0.5, 0.6) is 17.2 Å². The molecule has 0 aliphatic heterocycles. The molecule has 0 radical (unpaired) electrons. The number of carbonyl (C=O) groups excluding carboxylic acids is 1. The van der Waals surface area contributed by atoms with Gasteiger partial charge in [0.05, 0.1) is 33.5 Å². The molecule has 0 aliphatic carbocycles. The van der Waals surface area contributed by atoms with Gasteiger partial charge in [-0.05, 0) is 12.1 Å². The molecule has 7 heteroatoms. The second kappa shape index (κ2) is 7.56. The van der Waals surface area contributed by atoms with Gasteiger partial charge in [0, 0.05) is 0 Å². The molecule has 0 amide bonds. The van der Waals surface area contributed by atoms with Crippen molar-refractivity contribution < 1.29 is 34.0 Å².